The molecular formula is C12H6MgN6O15. The molecule has 0 heterocycles. The molecule has 2 aromatic rings. The average molecular weight is 499 g/mol. The van der Waals surface area contributed by atoms with Gasteiger partial charge in [0, 0.05) is 0 Å². The van der Waals surface area contributed by atoms with Gasteiger partial charge < -0.3 is 15.7 Å². The number of nitrogens with zero attached hydrogens (tertiary/aromatic N) is 6. The SMILES string of the molecule is O.O=[N+]([O-])c1cc([N+](=O)[O-])c([O-])c([N+](=O)[O-])c1.O=[N+]([O-])c1cc([N+](=O)[O-])c([O-])c([N+](=O)[O-])c1.[Mg+2]. The van der Waals surface area contributed by atoms with E-state index in [2.05, 4.69) is 0 Å². The molecule has 0 fully saturated rings. The molecule has 0 aliphatic heterocycles. The normalized spacial score (nSPS) is 9.18. The first-order chi connectivity index (χ1) is 14.7. The number of rotatable bonds is 6. The van der Waals surface area contributed by atoms with Crippen LogP contribution in [0.1, 0.15) is 0 Å². The van der Waals surface area contributed by atoms with E-state index >= 15 is 0 Å². The molecule has 0 bridgehead atoms. The second-order valence-corrected chi connectivity index (χ2v) is 5.17. The van der Waals surface area contributed by atoms with Gasteiger partial charge in [-0.25, -0.2) is 0 Å². The Morgan fingerprint density at radius 1 is 0.441 bits per heavy atom. The Kier molecular flexibility index (Phi) is 11.3. The van der Waals surface area contributed by atoms with Gasteiger partial charge in [0.15, 0.2) is 0 Å². The molecule has 0 amide bonds. The van der Waals surface area contributed by atoms with Crippen molar-refractivity contribution in [2.45, 2.75) is 0 Å². The van der Waals surface area contributed by atoms with Crippen LogP contribution in [0.5, 0.6) is 11.5 Å². The Hall–Kier alpha value is -4.83. The van der Waals surface area contributed by atoms with Crippen molar-refractivity contribution < 1.29 is 45.2 Å². The summed E-state index contributed by atoms with van der Waals surface area (Å²) in [5.41, 5.74) is -6.53. The Balaban J connectivity index is 0. The molecule has 176 valence electrons. The largest absolute Gasteiger partial charge is 2.00 e. The first-order valence-electron chi connectivity index (χ1n) is 7.25. The van der Waals surface area contributed by atoms with Gasteiger partial charge in [-0.05, 0) is 0 Å². The number of nitro benzene ring substituents is 6. The van der Waals surface area contributed by atoms with Gasteiger partial charge in [-0.15, -0.1) is 0 Å². The Morgan fingerprint density at radius 3 is 0.735 bits per heavy atom. The molecule has 2 rings (SSSR count). The van der Waals surface area contributed by atoms with Gasteiger partial charge >= 0.3 is 23.1 Å². The van der Waals surface area contributed by atoms with Crippen LogP contribution in [0.25, 0.3) is 0 Å². The standard InChI is InChI=1S/2C6H3N3O7.Mg.H2O/c2*10-6-4(8(13)14)1-3(7(11)12)2-5(6)9(15)16;;/h2*1-2,10H;;1H2/q;;+2;/p-2. The Morgan fingerprint density at radius 2 is 0.618 bits per heavy atom. The van der Waals surface area contributed by atoms with Crippen LogP contribution in [-0.2, 0) is 0 Å². The molecule has 2 N–H and O–H groups in total. The molecule has 0 aliphatic rings. The summed E-state index contributed by atoms with van der Waals surface area (Å²) in [6.45, 7) is 0. The summed E-state index contributed by atoms with van der Waals surface area (Å²) < 4.78 is 0. The van der Waals surface area contributed by atoms with Gasteiger partial charge in [0.05, 0.1) is 65.3 Å². The van der Waals surface area contributed by atoms with E-state index in [1.54, 1.807) is 0 Å². The third-order valence-corrected chi connectivity index (χ3v) is 3.28. The molecular weight excluding hydrogens is 492 g/mol. The van der Waals surface area contributed by atoms with Crippen LogP contribution in [-0.4, -0.2) is 58.1 Å². The molecule has 0 saturated carbocycles. The van der Waals surface area contributed by atoms with Crippen molar-refractivity contribution in [3.63, 3.8) is 0 Å². The molecule has 0 spiro atoms. The van der Waals surface area contributed by atoms with Crippen molar-refractivity contribution in [3.05, 3.63) is 85.0 Å². The van der Waals surface area contributed by atoms with Crippen LogP contribution in [0.4, 0.5) is 34.1 Å². The van der Waals surface area contributed by atoms with E-state index in [0.717, 1.165) is 0 Å². The molecule has 0 aliphatic carbocycles. The smallest absolute Gasteiger partial charge is 0.863 e. The molecule has 0 radical (unpaired) electrons. The molecule has 2 aromatic carbocycles. The summed E-state index contributed by atoms with van der Waals surface area (Å²) in [6, 6.07) is 1.54. The second kappa shape index (κ2) is 12.3. The predicted molar refractivity (Wildman–Crippen MR) is 101 cm³/mol. The fraction of sp³-hybridized carbons (Fsp3) is 0. The van der Waals surface area contributed by atoms with Crippen molar-refractivity contribution in [2.24, 2.45) is 0 Å². The summed E-state index contributed by atoms with van der Waals surface area (Å²) in [5.74, 6) is -2.92. The maximum Gasteiger partial charge on any atom is 2.00 e. The summed E-state index contributed by atoms with van der Waals surface area (Å²) in [6.07, 6.45) is 0. The molecule has 21 nitrogen and oxygen atoms in total. The quantitative estimate of drug-likeness (QED) is 0.282. The molecule has 0 aromatic heterocycles. The van der Waals surface area contributed by atoms with Crippen LogP contribution in [0.15, 0.2) is 24.3 Å². The first kappa shape index (κ1) is 31.4. The maximum absolute atomic E-state index is 11.1. The van der Waals surface area contributed by atoms with Crippen LogP contribution in [0.2, 0.25) is 0 Å². The van der Waals surface area contributed by atoms with Crippen LogP contribution >= 0.6 is 0 Å². The zero-order valence-electron chi connectivity index (χ0n) is 15.9. The fourth-order valence-corrected chi connectivity index (χ4v) is 1.92. The van der Waals surface area contributed by atoms with Crippen LogP contribution in [0.3, 0.4) is 0 Å². The zero-order valence-corrected chi connectivity index (χ0v) is 17.3. The number of hydrogen-bond acceptors (Lipinski definition) is 14. The molecule has 34 heavy (non-hydrogen) atoms. The van der Waals surface area contributed by atoms with E-state index in [1.807, 2.05) is 0 Å². The van der Waals surface area contributed by atoms with E-state index in [4.69, 9.17) is 0 Å². The average Bonchev–Trinajstić information content (AvgIpc) is 2.67. The minimum Gasteiger partial charge on any atom is -0.863 e. The number of nitro groups is 6. The predicted octanol–water partition coefficient (Wildman–Crippen LogP) is -0.236. The van der Waals surface area contributed by atoms with Gasteiger partial charge in [0.2, 0.25) is 0 Å². The van der Waals surface area contributed by atoms with Crippen LogP contribution in [0, 0.1) is 60.7 Å². The van der Waals surface area contributed by atoms with Gasteiger partial charge in [0.25, 0.3) is 34.1 Å². The summed E-state index contributed by atoms with van der Waals surface area (Å²) in [7, 11) is 0. The van der Waals surface area contributed by atoms with E-state index in [0.29, 0.717) is 24.3 Å². The van der Waals surface area contributed by atoms with Crippen molar-refractivity contribution in [2.75, 3.05) is 0 Å². The van der Waals surface area contributed by atoms with Crippen molar-refractivity contribution in [1.29, 1.82) is 0 Å². The van der Waals surface area contributed by atoms with Crippen molar-refractivity contribution >= 4 is 57.2 Å². The monoisotopic (exact) mass is 498 g/mol. The third-order valence-electron chi connectivity index (χ3n) is 3.28. The molecule has 0 unspecified atom stereocenters. The maximum atomic E-state index is 11.1. The number of benzene rings is 2. The molecule has 22 heteroatoms. The van der Waals surface area contributed by atoms with Gasteiger partial charge in [0.1, 0.15) is 0 Å². The molecule has 0 saturated heterocycles. The second-order valence-electron chi connectivity index (χ2n) is 5.17. The minimum atomic E-state index is -1.46. The Bertz CT molecular complexity index is 1020. The first-order valence-corrected chi connectivity index (χ1v) is 7.25. The summed E-state index contributed by atoms with van der Waals surface area (Å²) >= 11 is 0. The van der Waals surface area contributed by atoms with Crippen molar-refractivity contribution in [3.8, 4) is 11.5 Å². The van der Waals surface area contributed by atoms with E-state index in [1.165, 1.54) is 0 Å². The number of non-ortho nitro benzene ring substituents is 2. The minimum absolute atomic E-state index is 0. The van der Waals surface area contributed by atoms with Gasteiger partial charge in [-0.1, -0.05) is 0 Å². The topological polar surface area (TPSA) is 336 Å². The van der Waals surface area contributed by atoms with Gasteiger partial charge in [-0.2, -0.15) is 0 Å². The number of hydrogen-bond donors (Lipinski definition) is 0. The van der Waals surface area contributed by atoms with Crippen LogP contribution < -0.4 is 10.2 Å². The van der Waals surface area contributed by atoms with E-state index < -0.39 is 75.2 Å². The fourth-order valence-electron chi connectivity index (χ4n) is 1.92. The zero-order chi connectivity index (χ0) is 24.9. The summed E-state index contributed by atoms with van der Waals surface area (Å²) in [5, 5.41) is 84.2. The van der Waals surface area contributed by atoms with E-state index in [-0.39, 0.29) is 28.5 Å². The van der Waals surface area contributed by atoms with Crippen molar-refractivity contribution in [1.82, 2.24) is 0 Å². The Labute approximate surface area is 199 Å². The molecule has 0 atom stereocenters. The van der Waals surface area contributed by atoms with Gasteiger partial charge in [-0.3, -0.25) is 60.7 Å². The third kappa shape index (κ3) is 7.10. The van der Waals surface area contributed by atoms with E-state index in [9.17, 15) is 70.9 Å². The summed E-state index contributed by atoms with van der Waals surface area (Å²) in [4.78, 5) is 55.0.